The van der Waals surface area contributed by atoms with Gasteiger partial charge < -0.3 is 20.5 Å². The fourth-order valence-corrected chi connectivity index (χ4v) is 4.41. The van der Waals surface area contributed by atoms with Crippen molar-refractivity contribution in [2.75, 3.05) is 26.2 Å². The molecule has 1 aromatic heterocycles. The Labute approximate surface area is 192 Å². The second kappa shape index (κ2) is 11.5. The molecule has 32 heavy (non-hydrogen) atoms. The lowest BCUT2D eigenvalue weighted by molar-refractivity contribution is -0.116. The van der Waals surface area contributed by atoms with Gasteiger partial charge in [-0.3, -0.25) is 14.4 Å². The zero-order chi connectivity index (χ0) is 22.9. The maximum absolute atomic E-state index is 13.1. The molecular weight excluding hydrogens is 424 g/mol. The van der Waals surface area contributed by atoms with Gasteiger partial charge in [-0.15, -0.1) is 0 Å². The van der Waals surface area contributed by atoms with Crippen molar-refractivity contribution >= 4 is 34.9 Å². The molecule has 1 unspecified atom stereocenters. The number of H-pyrrole nitrogens is 1. The number of aliphatic imine (C=N–C) groups is 1. The van der Waals surface area contributed by atoms with E-state index < -0.39 is 0 Å². The average molecular weight is 455 g/mol. The van der Waals surface area contributed by atoms with E-state index in [0.29, 0.717) is 10.6 Å². The smallest absolute Gasteiger partial charge is 0.327 e. The van der Waals surface area contributed by atoms with E-state index in [0.717, 1.165) is 37.2 Å². The molecule has 1 aliphatic rings. The number of hydrogen-bond acceptors (Lipinski definition) is 6. The predicted octanol–water partition coefficient (Wildman–Crippen LogP) is 2.95. The van der Waals surface area contributed by atoms with Gasteiger partial charge in [-0.05, 0) is 32.9 Å². The van der Waals surface area contributed by atoms with Crippen LogP contribution in [-0.4, -0.2) is 52.8 Å². The Hall–Kier alpha value is -3.04. The van der Waals surface area contributed by atoms with E-state index in [1.165, 1.54) is 11.8 Å². The quantitative estimate of drug-likeness (QED) is 0.421. The maximum atomic E-state index is 13.1. The largest absolute Gasteiger partial charge is 0.373 e. The number of hydrogen-bond donors (Lipinski definition) is 3. The van der Waals surface area contributed by atoms with E-state index in [1.54, 1.807) is 23.1 Å². The first-order valence-corrected chi connectivity index (χ1v) is 11.6. The second-order valence-corrected chi connectivity index (χ2v) is 8.63. The van der Waals surface area contributed by atoms with Gasteiger partial charge in [-0.25, -0.2) is 4.79 Å². The number of imidazole rings is 1. The van der Waals surface area contributed by atoms with E-state index in [2.05, 4.69) is 25.5 Å². The SMILES string of the molecule is CC=CN=CC(=CN1CCNCC1)NC(=O)C(=CC)SC(C)n1c(=O)[nH]c2ccccc21. The summed E-state index contributed by atoms with van der Waals surface area (Å²) < 4.78 is 1.67. The minimum Gasteiger partial charge on any atom is -0.373 e. The summed E-state index contributed by atoms with van der Waals surface area (Å²) in [5, 5.41) is 6.01. The Bertz CT molecular complexity index is 1110. The molecule has 8 nitrogen and oxygen atoms in total. The first-order valence-electron chi connectivity index (χ1n) is 10.7. The van der Waals surface area contributed by atoms with E-state index >= 15 is 0 Å². The lowest BCUT2D eigenvalue weighted by atomic mass is 10.3. The van der Waals surface area contributed by atoms with Gasteiger partial charge in [0, 0.05) is 38.6 Å². The van der Waals surface area contributed by atoms with Gasteiger partial charge in [0.15, 0.2) is 0 Å². The molecule has 0 radical (unpaired) electrons. The lowest BCUT2D eigenvalue weighted by Crippen LogP contribution is -2.41. The van der Waals surface area contributed by atoms with Crippen LogP contribution in [0.2, 0.25) is 0 Å². The summed E-state index contributed by atoms with van der Waals surface area (Å²) in [5.74, 6) is -0.231. The summed E-state index contributed by atoms with van der Waals surface area (Å²) in [7, 11) is 0. The number of para-hydroxylation sites is 2. The number of benzene rings is 1. The van der Waals surface area contributed by atoms with Gasteiger partial charge in [0.2, 0.25) is 0 Å². The third kappa shape index (κ3) is 6.02. The van der Waals surface area contributed by atoms with Gasteiger partial charge in [0.25, 0.3) is 5.91 Å². The van der Waals surface area contributed by atoms with Gasteiger partial charge in [0.1, 0.15) is 0 Å². The van der Waals surface area contributed by atoms with E-state index in [1.807, 2.05) is 57.3 Å². The number of amides is 1. The topological polar surface area (TPSA) is 94.5 Å². The van der Waals surface area contributed by atoms with Crippen LogP contribution in [0.25, 0.3) is 11.0 Å². The minimum absolute atomic E-state index is 0.195. The Morgan fingerprint density at radius 3 is 2.72 bits per heavy atom. The number of carbonyl (C=O) groups excluding carboxylic acids is 1. The summed E-state index contributed by atoms with van der Waals surface area (Å²) in [6.07, 6.45) is 8.84. The molecular formula is C23H30N6O2S. The summed E-state index contributed by atoms with van der Waals surface area (Å²) in [6.45, 7) is 9.14. The molecule has 170 valence electrons. The molecule has 0 aliphatic carbocycles. The van der Waals surface area contributed by atoms with Crippen molar-refractivity contribution in [3.63, 3.8) is 0 Å². The standard InChI is InChI=1S/C23H30N6O2S/c1-4-10-25-15-18(16-28-13-11-24-12-14-28)26-22(30)21(5-2)32-17(3)29-20-9-7-6-8-19(20)27-23(29)31/h4-10,15-17,24H,11-14H2,1-3H3,(H,26,30)(H,27,31). The van der Waals surface area contributed by atoms with Gasteiger partial charge >= 0.3 is 5.69 Å². The molecule has 0 bridgehead atoms. The first-order chi connectivity index (χ1) is 15.5. The average Bonchev–Trinajstić information content (AvgIpc) is 3.13. The number of fused-ring (bicyclic) bond motifs is 1. The Morgan fingerprint density at radius 1 is 1.25 bits per heavy atom. The van der Waals surface area contributed by atoms with Crippen LogP contribution >= 0.6 is 11.8 Å². The van der Waals surface area contributed by atoms with Crippen molar-refractivity contribution in [2.45, 2.75) is 26.1 Å². The highest BCUT2D eigenvalue weighted by Crippen LogP contribution is 2.31. The van der Waals surface area contributed by atoms with Gasteiger partial charge in [-0.1, -0.05) is 36.0 Å². The normalized spacial score (nSPS) is 16.9. The third-order valence-corrected chi connectivity index (χ3v) is 6.18. The van der Waals surface area contributed by atoms with Crippen molar-refractivity contribution in [2.24, 2.45) is 4.99 Å². The molecule has 1 fully saturated rings. The van der Waals surface area contributed by atoms with Crippen LogP contribution in [0.3, 0.4) is 0 Å². The number of aromatic amines is 1. The zero-order valence-corrected chi connectivity index (χ0v) is 19.5. The highest BCUT2D eigenvalue weighted by atomic mass is 32.2. The second-order valence-electron chi connectivity index (χ2n) is 7.27. The number of carbonyl (C=O) groups is 1. The molecule has 1 amide bonds. The predicted molar refractivity (Wildman–Crippen MR) is 133 cm³/mol. The first kappa shape index (κ1) is 23.6. The minimum atomic E-state index is -0.270. The number of rotatable bonds is 8. The van der Waals surface area contributed by atoms with Crippen LogP contribution in [0.15, 0.2) is 69.2 Å². The zero-order valence-electron chi connectivity index (χ0n) is 18.7. The Balaban J connectivity index is 1.76. The molecule has 2 aromatic rings. The summed E-state index contributed by atoms with van der Waals surface area (Å²) >= 11 is 1.34. The van der Waals surface area contributed by atoms with Crippen LogP contribution in [-0.2, 0) is 4.79 Å². The Kier molecular flexibility index (Phi) is 8.52. The fourth-order valence-electron chi connectivity index (χ4n) is 3.43. The molecule has 1 aromatic carbocycles. The van der Waals surface area contributed by atoms with E-state index in [4.69, 9.17) is 0 Å². The molecule has 0 saturated carbocycles. The molecule has 3 rings (SSSR count). The number of thioether (sulfide) groups is 1. The molecule has 0 spiro atoms. The molecule has 1 atom stereocenters. The molecule has 1 saturated heterocycles. The van der Waals surface area contributed by atoms with Crippen molar-refractivity contribution < 1.29 is 4.79 Å². The van der Waals surface area contributed by atoms with Crippen molar-refractivity contribution in [3.05, 3.63) is 69.9 Å². The van der Waals surface area contributed by atoms with Crippen LogP contribution in [0, 0.1) is 0 Å². The van der Waals surface area contributed by atoms with E-state index in [-0.39, 0.29) is 17.0 Å². The lowest BCUT2D eigenvalue weighted by Gasteiger charge is -2.26. The summed E-state index contributed by atoms with van der Waals surface area (Å²) in [4.78, 5) is 35.3. The van der Waals surface area contributed by atoms with Gasteiger partial charge in [0.05, 0.1) is 33.2 Å². The highest BCUT2D eigenvalue weighted by molar-refractivity contribution is 8.04. The van der Waals surface area contributed by atoms with Crippen LogP contribution in [0.1, 0.15) is 26.1 Å². The fraction of sp³-hybridized carbons (Fsp3) is 0.348. The molecule has 2 heterocycles. The molecule has 3 N–H and O–H groups in total. The number of aromatic nitrogens is 2. The molecule has 1 aliphatic heterocycles. The van der Waals surface area contributed by atoms with Crippen LogP contribution in [0.5, 0.6) is 0 Å². The van der Waals surface area contributed by atoms with E-state index in [9.17, 15) is 9.59 Å². The van der Waals surface area contributed by atoms with Crippen molar-refractivity contribution in [1.29, 1.82) is 0 Å². The molecule has 9 heteroatoms. The van der Waals surface area contributed by atoms with Gasteiger partial charge in [-0.2, -0.15) is 0 Å². The number of piperazine rings is 1. The summed E-state index contributed by atoms with van der Waals surface area (Å²) in [6, 6.07) is 7.54. The van der Waals surface area contributed by atoms with Crippen molar-refractivity contribution in [1.82, 2.24) is 25.1 Å². The van der Waals surface area contributed by atoms with Crippen LogP contribution < -0.4 is 16.3 Å². The Morgan fingerprint density at radius 2 is 2.00 bits per heavy atom. The van der Waals surface area contributed by atoms with Crippen LogP contribution in [0.4, 0.5) is 0 Å². The summed E-state index contributed by atoms with van der Waals surface area (Å²) in [5.41, 5.74) is 2.01. The number of nitrogens with one attached hydrogen (secondary N) is 3. The monoisotopic (exact) mass is 454 g/mol. The van der Waals surface area contributed by atoms with Crippen molar-refractivity contribution in [3.8, 4) is 0 Å². The maximum Gasteiger partial charge on any atom is 0.327 e. The number of nitrogens with zero attached hydrogens (tertiary/aromatic N) is 3. The highest BCUT2D eigenvalue weighted by Gasteiger charge is 2.19. The number of allylic oxidation sites excluding steroid dienone is 3. The third-order valence-electron chi connectivity index (χ3n) is 4.95.